The van der Waals surface area contributed by atoms with Crippen LogP contribution in [-0.2, 0) is 20.6 Å². The van der Waals surface area contributed by atoms with E-state index in [4.69, 9.17) is 13.8 Å². The lowest BCUT2D eigenvalue weighted by molar-refractivity contribution is -0.119. The number of aromatic nitrogens is 4. The number of hydrogen-bond donors (Lipinski definition) is 3. The van der Waals surface area contributed by atoms with Gasteiger partial charge in [-0.3, -0.25) is 23.7 Å². The molecule has 3 N–H and O–H groups in total. The topological polar surface area (TPSA) is 171 Å². The number of amides is 2. The molecule has 13 nitrogen and oxygen atoms in total. The summed E-state index contributed by atoms with van der Waals surface area (Å²) in [5, 5.41) is 13.7. The zero-order valence-corrected chi connectivity index (χ0v) is 27.5. The van der Waals surface area contributed by atoms with Gasteiger partial charge >= 0.3 is 7.60 Å². The number of nitrogens with zero attached hydrogens (tertiary/aromatic N) is 4. The van der Waals surface area contributed by atoms with Crippen LogP contribution < -0.4 is 15.4 Å². The average Bonchev–Trinajstić information content (AvgIpc) is 3.96. The van der Waals surface area contributed by atoms with Crippen molar-refractivity contribution in [3.8, 4) is 17.0 Å². The maximum atomic E-state index is 15.7. The number of benzene rings is 1. The van der Waals surface area contributed by atoms with E-state index in [9.17, 15) is 27.8 Å². The van der Waals surface area contributed by atoms with Crippen molar-refractivity contribution in [1.82, 2.24) is 25.2 Å². The van der Waals surface area contributed by atoms with Crippen molar-refractivity contribution in [2.75, 3.05) is 18.6 Å². The third kappa shape index (κ3) is 6.35. The molecule has 2 unspecified atom stereocenters. The van der Waals surface area contributed by atoms with Gasteiger partial charge in [0.1, 0.15) is 36.0 Å². The molecule has 49 heavy (non-hydrogen) atoms. The molecule has 1 aromatic carbocycles. The third-order valence-electron chi connectivity index (χ3n) is 9.31. The normalized spacial score (nSPS) is 19.4. The molecule has 1 aliphatic heterocycles. The second-order valence-electron chi connectivity index (χ2n) is 12.9. The van der Waals surface area contributed by atoms with E-state index in [0.717, 1.165) is 37.7 Å². The number of hydrogen-bond acceptors (Lipinski definition) is 9. The van der Waals surface area contributed by atoms with Crippen molar-refractivity contribution < 1.29 is 46.0 Å². The quantitative estimate of drug-likeness (QED) is 0.184. The number of carbonyl (C=O) groups excluding carboxylic acids is 2. The highest BCUT2D eigenvalue weighted by molar-refractivity contribution is 7.51. The summed E-state index contributed by atoms with van der Waals surface area (Å²) >= 11 is 0. The fourth-order valence-corrected chi connectivity index (χ4v) is 6.85. The summed E-state index contributed by atoms with van der Waals surface area (Å²) < 4.78 is 73.3. The van der Waals surface area contributed by atoms with Gasteiger partial charge in [0.25, 0.3) is 5.91 Å². The summed E-state index contributed by atoms with van der Waals surface area (Å²) in [4.78, 5) is 41.6. The first-order chi connectivity index (χ1) is 23.2. The minimum Gasteiger partial charge on any atom is -0.493 e. The number of pyridine rings is 1. The number of ether oxygens (including phenoxy) is 1. The van der Waals surface area contributed by atoms with Crippen molar-refractivity contribution in [2.45, 2.75) is 64.1 Å². The Kier molecular flexibility index (Phi) is 8.15. The monoisotopic (exact) mass is 700 g/mol. The molecule has 4 aromatic rings. The van der Waals surface area contributed by atoms with Crippen molar-refractivity contribution in [3.05, 3.63) is 76.3 Å². The van der Waals surface area contributed by atoms with Crippen LogP contribution in [0.2, 0.25) is 0 Å². The molecule has 2 saturated carbocycles. The predicted octanol–water partition coefficient (Wildman–Crippen LogP) is 5.33. The van der Waals surface area contributed by atoms with E-state index >= 15 is 4.39 Å². The highest BCUT2D eigenvalue weighted by Gasteiger charge is 2.58. The Morgan fingerprint density at radius 2 is 1.90 bits per heavy atom. The predicted molar refractivity (Wildman–Crippen MR) is 166 cm³/mol. The SMILES string of the molecule is Cc1nn(COP(C)(=O)O)c(C)c1-c1ncc(NC(=O)[C@@H](NC(=O)c2conc2C2CC2)C2c3cc(F)c(F)cc3OCC23CC3)cc1F. The van der Waals surface area contributed by atoms with Gasteiger partial charge in [0, 0.05) is 52.9 Å². The Balaban J connectivity index is 1.21. The van der Waals surface area contributed by atoms with Gasteiger partial charge in [0.2, 0.25) is 5.91 Å². The molecule has 0 bridgehead atoms. The van der Waals surface area contributed by atoms with Crippen LogP contribution >= 0.6 is 7.60 Å². The number of rotatable bonds is 10. The lowest BCUT2D eigenvalue weighted by atomic mass is 9.75. The van der Waals surface area contributed by atoms with E-state index in [-0.39, 0.29) is 47.5 Å². The van der Waals surface area contributed by atoms with Crippen molar-refractivity contribution in [1.29, 1.82) is 0 Å². The van der Waals surface area contributed by atoms with Crippen LogP contribution in [0.3, 0.4) is 0 Å². The molecule has 2 aliphatic carbocycles. The Morgan fingerprint density at radius 3 is 2.57 bits per heavy atom. The molecule has 4 heterocycles. The maximum Gasteiger partial charge on any atom is 0.326 e. The zero-order valence-electron chi connectivity index (χ0n) is 26.6. The molecule has 7 rings (SSSR count). The molecule has 3 atom stereocenters. The summed E-state index contributed by atoms with van der Waals surface area (Å²) in [6.45, 7) is 4.05. The molecular weight excluding hydrogens is 668 g/mol. The first kappa shape index (κ1) is 33.0. The first-order valence-electron chi connectivity index (χ1n) is 15.6. The third-order valence-corrected chi connectivity index (χ3v) is 9.90. The summed E-state index contributed by atoms with van der Waals surface area (Å²) in [6, 6.07) is 1.64. The largest absolute Gasteiger partial charge is 0.493 e. The molecule has 3 aliphatic rings. The van der Waals surface area contributed by atoms with Gasteiger partial charge in [0.05, 0.1) is 29.9 Å². The maximum absolute atomic E-state index is 15.7. The van der Waals surface area contributed by atoms with Gasteiger partial charge in [0.15, 0.2) is 17.5 Å². The highest BCUT2D eigenvalue weighted by atomic mass is 31.2. The van der Waals surface area contributed by atoms with Crippen LogP contribution in [0.25, 0.3) is 11.3 Å². The van der Waals surface area contributed by atoms with Crippen LogP contribution in [-0.4, -0.2) is 55.9 Å². The highest BCUT2D eigenvalue weighted by Crippen LogP contribution is 2.61. The fraction of sp³-hybridized carbons (Fsp3) is 0.406. The standard InChI is InChI=1S/C32H32F3N6O7P/c1-15-25(16(2)41(39-15)14-48-49(3,44)45)28-23(35)8-18(11-36-28)37-31(43)29(38-30(42)20-12-47-40-27(20)17-4-5-17)26-19-9-21(33)22(34)10-24(19)46-13-32(26)6-7-32/h8-12,17,26,29H,4-7,13-14H2,1-3H3,(H,37,43)(H,38,42)(H,44,45)/t26?,29-/m0/s1. The molecule has 2 fully saturated rings. The van der Waals surface area contributed by atoms with E-state index in [1.54, 1.807) is 13.8 Å². The Morgan fingerprint density at radius 1 is 1.16 bits per heavy atom. The smallest absolute Gasteiger partial charge is 0.326 e. The first-order valence-corrected chi connectivity index (χ1v) is 17.6. The van der Waals surface area contributed by atoms with Crippen LogP contribution in [0.4, 0.5) is 18.9 Å². The number of nitrogens with one attached hydrogen (secondary N) is 2. The second-order valence-corrected chi connectivity index (χ2v) is 14.8. The minimum absolute atomic E-state index is 0.0326. The van der Waals surface area contributed by atoms with E-state index < -0.39 is 54.2 Å². The summed E-state index contributed by atoms with van der Waals surface area (Å²) in [7, 11) is -3.80. The fourth-order valence-electron chi connectivity index (χ4n) is 6.53. The van der Waals surface area contributed by atoms with Crippen LogP contribution in [0, 0.1) is 36.7 Å². The van der Waals surface area contributed by atoms with Crippen LogP contribution in [0.5, 0.6) is 5.75 Å². The number of halogens is 3. The summed E-state index contributed by atoms with van der Waals surface area (Å²) in [5.74, 6) is -5.14. The minimum atomic E-state index is -3.80. The van der Waals surface area contributed by atoms with Gasteiger partial charge in [-0.25, -0.2) is 17.9 Å². The van der Waals surface area contributed by atoms with Gasteiger partial charge in [-0.05, 0) is 45.6 Å². The van der Waals surface area contributed by atoms with Gasteiger partial charge in [-0.15, -0.1) is 0 Å². The summed E-state index contributed by atoms with van der Waals surface area (Å²) in [6.07, 6.45) is 5.33. The average molecular weight is 701 g/mol. The number of carbonyl (C=O) groups is 2. The zero-order chi connectivity index (χ0) is 34.8. The lowest BCUT2D eigenvalue weighted by Crippen LogP contribution is -2.52. The van der Waals surface area contributed by atoms with Crippen LogP contribution in [0.1, 0.15) is 70.5 Å². The van der Waals surface area contributed by atoms with Gasteiger partial charge in [-0.1, -0.05) is 5.16 Å². The molecule has 2 amide bonds. The van der Waals surface area contributed by atoms with Crippen molar-refractivity contribution in [3.63, 3.8) is 0 Å². The van der Waals surface area contributed by atoms with Crippen molar-refractivity contribution >= 4 is 25.1 Å². The molecular formula is C32H32F3N6O7P. The Labute approximate surface area is 277 Å². The molecule has 3 aromatic heterocycles. The molecule has 1 spiro atoms. The number of aryl methyl sites for hydroxylation is 1. The molecule has 17 heteroatoms. The van der Waals surface area contributed by atoms with E-state index in [2.05, 4.69) is 25.9 Å². The van der Waals surface area contributed by atoms with E-state index in [0.29, 0.717) is 35.5 Å². The number of anilines is 1. The number of fused-ring (bicyclic) bond motifs is 1. The Hall–Kier alpha value is -4.53. The molecule has 258 valence electrons. The lowest BCUT2D eigenvalue weighted by Gasteiger charge is -2.38. The van der Waals surface area contributed by atoms with Crippen molar-refractivity contribution in [2.24, 2.45) is 5.41 Å². The second kappa shape index (κ2) is 12.1. The van der Waals surface area contributed by atoms with E-state index in [1.165, 1.54) is 17.1 Å². The van der Waals surface area contributed by atoms with Gasteiger partial charge < -0.3 is 24.8 Å². The van der Waals surface area contributed by atoms with Gasteiger partial charge in [-0.2, -0.15) is 5.10 Å². The molecule has 0 radical (unpaired) electrons. The van der Waals surface area contributed by atoms with Crippen LogP contribution in [0.15, 0.2) is 35.2 Å². The summed E-state index contributed by atoms with van der Waals surface area (Å²) in [5.41, 5.74) is 1.24. The Bertz CT molecular complexity index is 2040. The molecule has 0 saturated heterocycles. The van der Waals surface area contributed by atoms with E-state index in [1.807, 2.05) is 0 Å².